The molecule has 1 aliphatic heterocycles. The van der Waals surface area contributed by atoms with Gasteiger partial charge in [0.25, 0.3) is 5.91 Å². The van der Waals surface area contributed by atoms with E-state index in [0.717, 1.165) is 22.2 Å². The molecule has 3 rings (SSSR count). The lowest BCUT2D eigenvalue weighted by molar-refractivity contribution is 0.0935. The first kappa shape index (κ1) is 14.7. The van der Waals surface area contributed by atoms with E-state index in [1.165, 1.54) is 10.5 Å². The minimum absolute atomic E-state index is 0.00824. The summed E-state index contributed by atoms with van der Waals surface area (Å²) in [7, 11) is 0. The monoisotopic (exact) mass is 361 g/mol. The molecule has 2 aromatic carbocycles. The summed E-state index contributed by atoms with van der Waals surface area (Å²) in [6.07, 6.45) is 0.973. The van der Waals surface area contributed by atoms with Crippen LogP contribution >= 0.6 is 27.7 Å². The van der Waals surface area contributed by atoms with Crippen molar-refractivity contribution in [3.63, 3.8) is 0 Å². The molecule has 1 aliphatic rings. The number of nitrogens with one attached hydrogen (secondary N) is 1. The molecule has 0 aliphatic carbocycles. The molecule has 4 heteroatoms. The SMILES string of the molecule is Cc1cc(Br)cc(C(=O)NC2CCSc3ccccc32)c1. The Bertz CT molecular complexity index is 666. The Morgan fingerprint density at radius 2 is 2.10 bits per heavy atom. The van der Waals surface area contributed by atoms with Crippen LogP contribution in [0.5, 0.6) is 0 Å². The molecule has 1 atom stereocenters. The first-order valence-electron chi connectivity index (χ1n) is 6.93. The van der Waals surface area contributed by atoms with Crippen molar-refractivity contribution in [1.29, 1.82) is 0 Å². The summed E-state index contributed by atoms with van der Waals surface area (Å²) in [5.74, 6) is 1.03. The topological polar surface area (TPSA) is 29.1 Å². The Hall–Kier alpha value is -1.26. The molecule has 21 heavy (non-hydrogen) atoms. The number of rotatable bonds is 2. The molecule has 2 nitrogen and oxygen atoms in total. The third-order valence-electron chi connectivity index (χ3n) is 3.57. The van der Waals surface area contributed by atoms with Gasteiger partial charge in [-0.3, -0.25) is 4.79 Å². The van der Waals surface area contributed by atoms with Crippen molar-refractivity contribution in [2.24, 2.45) is 0 Å². The van der Waals surface area contributed by atoms with E-state index in [2.05, 4.69) is 33.4 Å². The normalized spacial score (nSPS) is 17.1. The summed E-state index contributed by atoms with van der Waals surface area (Å²) in [5, 5.41) is 3.17. The van der Waals surface area contributed by atoms with Crippen LogP contribution in [0.1, 0.15) is 33.9 Å². The predicted octanol–water partition coefficient (Wildman–Crippen LogP) is 4.72. The minimum Gasteiger partial charge on any atom is -0.345 e. The van der Waals surface area contributed by atoms with E-state index in [9.17, 15) is 4.79 Å². The fourth-order valence-corrected chi connectivity index (χ4v) is 4.33. The van der Waals surface area contributed by atoms with Crippen LogP contribution in [0.3, 0.4) is 0 Å². The number of fused-ring (bicyclic) bond motifs is 1. The van der Waals surface area contributed by atoms with E-state index in [4.69, 9.17) is 0 Å². The molecule has 0 saturated carbocycles. The van der Waals surface area contributed by atoms with Gasteiger partial charge in [-0.1, -0.05) is 34.1 Å². The van der Waals surface area contributed by atoms with Gasteiger partial charge in [0, 0.05) is 20.7 Å². The van der Waals surface area contributed by atoms with Crippen molar-refractivity contribution < 1.29 is 4.79 Å². The van der Waals surface area contributed by atoms with Crippen LogP contribution in [-0.4, -0.2) is 11.7 Å². The average molecular weight is 362 g/mol. The van der Waals surface area contributed by atoms with Gasteiger partial charge in [-0.25, -0.2) is 0 Å². The first-order valence-corrected chi connectivity index (χ1v) is 8.71. The molecular formula is C17H16BrNOS. The van der Waals surface area contributed by atoms with Gasteiger partial charge in [-0.15, -0.1) is 11.8 Å². The zero-order chi connectivity index (χ0) is 14.8. The number of carbonyl (C=O) groups is 1. The molecule has 108 valence electrons. The number of halogens is 1. The second-order valence-corrected chi connectivity index (χ2v) is 7.27. The predicted molar refractivity (Wildman–Crippen MR) is 90.9 cm³/mol. The molecule has 0 bridgehead atoms. The van der Waals surface area contributed by atoms with E-state index in [1.54, 1.807) is 0 Å². The quantitative estimate of drug-likeness (QED) is 0.837. The van der Waals surface area contributed by atoms with Crippen LogP contribution < -0.4 is 5.32 Å². The fraction of sp³-hybridized carbons (Fsp3) is 0.235. The van der Waals surface area contributed by atoms with Crippen molar-refractivity contribution in [2.75, 3.05) is 5.75 Å². The number of aryl methyl sites for hydroxylation is 1. The molecule has 1 amide bonds. The first-order chi connectivity index (χ1) is 10.1. The van der Waals surface area contributed by atoms with Gasteiger partial charge < -0.3 is 5.32 Å². The van der Waals surface area contributed by atoms with Gasteiger partial charge in [0.1, 0.15) is 0 Å². The van der Waals surface area contributed by atoms with Crippen molar-refractivity contribution in [1.82, 2.24) is 5.32 Å². The molecule has 1 unspecified atom stereocenters. The zero-order valence-corrected chi connectivity index (χ0v) is 14.1. The zero-order valence-electron chi connectivity index (χ0n) is 11.7. The van der Waals surface area contributed by atoms with Crippen LogP contribution in [0.15, 0.2) is 51.8 Å². The van der Waals surface area contributed by atoms with Gasteiger partial charge >= 0.3 is 0 Å². The molecule has 0 aromatic heterocycles. The van der Waals surface area contributed by atoms with E-state index >= 15 is 0 Å². The van der Waals surface area contributed by atoms with E-state index in [0.29, 0.717) is 5.56 Å². The summed E-state index contributed by atoms with van der Waals surface area (Å²) in [5.41, 5.74) is 3.01. The van der Waals surface area contributed by atoms with E-state index in [-0.39, 0.29) is 11.9 Å². The molecule has 1 heterocycles. The summed E-state index contributed by atoms with van der Waals surface area (Å²) in [6.45, 7) is 1.99. The van der Waals surface area contributed by atoms with E-state index in [1.807, 2.05) is 49.0 Å². The van der Waals surface area contributed by atoms with Gasteiger partial charge in [-0.2, -0.15) is 0 Å². The molecule has 0 saturated heterocycles. The Morgan fingerprint density at radius 1 is 1.29 bits per heavy atom. The van der Waals surface area contributed by atoms with Crippen LogP contribution in [0, 0.1) is 6.92 Å². The van der Waals surface area contributed by atoms with Gasteiger partial charge in [-0.05, 0) is 48.7 Å². The third kappa shape index (κ3) is 3.33. The minimum atomic E-state index is -0.00824. The number of thioether (sulfide) groups is 1. The van der Waals surface area contributed by atoms with Crippen LogP contribution in [-0.2, 0) is 0 Å². The Labute approximate surface area is 137 Å². The smallest absolute Gasteiger partial charge is 0.251 e. The van der Waals surface area contributed by atoms with Crippen molar-refractivity contribution in [3.05, 3.63) is 63.6 Å². The lowest BCUT2D eigenvalue weighted by Gasteiger charge is -2.26. The number of hydrogen-bond acceptors (Lipinski definition) is 2. The van der Waals surface area contributed by atoms with Crippen molar-refractivity contribution >= 4 is 33.6 Å². The second-order valence-electron chi connectivity index (χ2n) is 5.22. The van der Waals surface area contributed by atoms with Crippen molar-refractivity contribution in [3.8, 4) is 0 Å². The van der Waals surface area contributed by atoms with Crippen molar-refractivity contribution in [2.45, 2.75) is 24.3 Å². The average Bonchev–Trinajstić information content (AvgIpc) is 2.46. The van der Waals surface area contributed by atoms with Gasteiger partial charge in [0.2, 0.25) is 0 Å². The fourth-order valence-electron chi connectivity index (χ4n) is 2.60. The Kier molecular flexibility index (Phi) is 4.36. The lowest BCUT2D eigenvalue weighted by Crippen LogP contribution is -2.30. The van der Waals surface area contributed by atoms with Gasteiger partial charge in [0.05, 0.1) is 6.04 Å². The molecule has 1 N–H and O–H groups in total. The molecule has 0 fully saturated rings. The number of amides is 1. The number of carbonyl (C=O) groups excluding carboxylic acids is 1. The van der Waals surface area contributed by atoms with Crippen LogP contribution in [0.4, 0.5) is 0 Å². The van der Waals surface area contributed by atoms with Gasteiger partial charge in [0.15, 0.2) is 0 Å². The van der Waals surface area contributed by atoms with E-state index < -0.39 is 0 Å². The summed E-state index contributed by atoms with van der Waals surface area (Å²) >= 11 is 5.31. The highest BCUT2D eigenvalue weighted by Crippen LogP contribution is 2.35. The molecule has 0 spiro atoms. The molecule has 0 radical (unpaired) electrons. The highest BCUT2D eigenvalue weighted by molar-refractivity contribution is 9.10. The summed E-state index contributed by atoms with van der Waals surface area (Å²) in [4.78, 5) is 13.8. The molecule has 2 aromatic rings. The highest BCUT2D eigenvalue weighted by atomic mass is 79.9. The maximum absolute atomic E-state index is 12.5. The largest absolute Gasteiger partial charge is 0.345 e. The maximum atomic E-state index is 12.5. The maximum Gasteiger partial charge on any atom is 0.251 e. The second kappa shape index (κ2) is 6.24. The third-order valence-corrected chi connectivity index (χ3v) is 5.15. The summed E-state index contributed by atoms with van der Waals surface area (Å²) < 4.78 is 0.937. The number of hydrogen-bond donors (Lipinski definition) is 1. The Morgan fingerprint density at radius 3 is 2.90 bits per heavy atom. The number of benzene rings is 2. The van der Waals surface area contributed by atoms with Crippen LogP contribution in [0.2, 0.25) is 0 Å². The highest BCUT2D eigenvalue weighted by Gasteiger charge is 2.22. The Balaban J connectivity index is 1.82. The summed E-state index contributed by atoms with van der Waals surface area (Å²) in [6, 6.07) is 14.2. The molecular weight excluding hydrogens is 346 g/mol. The lowest BCUT2D eigenvalue weighted by atomic mass is 10.0. The standard InChI is InChI=1S/C17H16BrNOS/c1-11-8-12(10-13(18)9-11)17(20)19-15-6-7-21-16-5-3-2-4-14(15)16/h2-5,8-10,15H,6-7H2,1H3,(H,19,20). The van der Waals surface area contributed by atoms with Crippen LogP contribution in [0.25, 0.3) is 0 Å².